The highest BCUT2D eigenvalue weighted by atomic mass is 16.6. The Hall–Kier alpha value is -3.55. The zero-order valence-corrected chi connectivity index (χ0v) is 25.9. The number of ether oxygens (including phenoxy) is 1. The van der Waals surface area contributed by atoms with Crippen LogP contribution in [-0.4, -0.2) is 52.1 Å². The Bertz CT molecular complexity index is 1170. The van der Waals surface area contributed by atoms with Crippen LogP contribution in [0.4, 0.5) is 4.79 Å². The van der Waals surface area contributed by atoms with Crippen LogP contribution < -0.4 is 10.6 Å². The number of aryl methyl sites for hydroxylation is 1. The van der Waals surface area contributed by atoms with Gasteiger partial charge >= 0.3 is 6.09 Å². The molecule has 0 aliphatic heterocycles. The molecule has 3 N–H and O–H groups in total. The zero-order chi connectivity index (χ0) is 30.7. The van der Waals surface area contributed by atoms with Crippen molar-refractivity contribution in [2.24, 2.45) is 0 Å². The molecule has 8 nitrogen and oxygen atoms in total. The number of carbonyl (C=O) groups is 3. The molecule has 3 amide bonds. The van der Waals surface area contributed by atoms with E-state index in [4.69, 9.17) is 4.74 Å². The van der Waals surface area contributed by atoms with Gasteiger partial charge in [-0.1, -0.05) is 75.4 Å². The van der Waals surface area contributed by atoms with Gasteiger partial charge in [0.05, 0.1) is 0 Å². The minimum atomic E-state index is -0.986. The number of phenols is 1. The van der Waals surface area contributed by atoms with Crippen LogP contribution in [0.1, 0.15) is 102 Å². The number of alkyl carbamates (subject to hydrolysis) is 1. The molecule has 8 heteroatoms. The fourth-order valence-electron chi connectivity index (χ4n) is 5.49. The van der Waals surface area contributed by atoms with Crippen molar-refractivity contribution in [1.29, 1.82) is 0 Å². The second-order valence-corrected chi connectivity index (χ2v) is 12.4. The molecule has 0 heterocycles. The molecule has 1 aliphatic carbocycles. The Kier molecular flexibility index (Phi) is 12.3. The summed E-state index contributed by atoms with van der Waals surface area (Å²) in [5, 5.41) is 15.9. The second-order valence-electron chi connectivity index (χ2n) is 12.4. The number of nitrogens with zero attached hydrogens (tertiary/aromatic N) is 1. The molecule has 2 atom stereocenters. The van der Waals surface area contributed by atoms with Gasteiger partial charge in [0.2, 0.25) is 11.8 Å². The fraction of sp³-hybridized carbons (Fsp3) is 0.559. The highest BCUT2D eigenvalue weighted by molar-refractivity contribution is 5.92. The third-order valence-electron chi connectivity index (χ3n) is 7.65. The first-order valence-electron chi connectivity index (χ1n) is 15.4. The van der Waals surface area contributed by atoms with Gasteiger partial charge in [0.25, 0.3) is 0 Å². The Morgan fingerprint density at radius 1 is 1.00 bits per heavy atom. The van der Waals surface area contributed by atoms with Crippen molar-refractivity contribution in [2.45, 2.75) is 116 Å². The summed E-state index contributed by atoms with van der Waals surface area (Å²) in [5.74, 6) is -0.430. The quantitative estimate of drug-likeness (QED) is 0.254. The molecule has 1 aliphatic rings. The summed E-state index contributed by atoms with van der Waals surface area (Å²) < 4.78 is 5.53. The number of amides is 3. The molecule has 0 aromatic heterocycles. The van der Waals surface area contributed by atoms with Crippen LogP contribution in [0.5, 0.6) is 5.75 Å². The third kappa shape index (κ3) is 10.1. The SMILES string of the molecule is CCCCCN(C(=O)C(Cc1ccc(O)cc1)NC(=O)OC(C)(C)C)C(C(=O)NC1CCCCC1)c1ccccc1C. The van der Waals surface area contributed by atoms with E-state index in [2.05, 4.69) is 17.6 Å². The molecule has 0 saturated heterocycles. The van der Waals surface area contributed by atoms with Gasteiger partial charge in [-0.25, -0.2) is 4.79 Å². The van der Waals surface area contributed by atoms with Crippen LogP contribution in [0, 0.1) is 6.92 Å². The van der Waals surface area contributed by atoms with E-state index in [0.29, 0.717) is 6.54 Å². The largest absolute Gasteiger partial charge is 0.508 e. The first-order chi connectivity index (χ1) is 20.0. The van der Waals surface area contributed by atoms with Crippen molar-refractivity contribution in [3.63, 3.8) is 0 Å². The maximum Gasteiger partial charge on any atom is 0.408 e. The molecule has 0 bridgehead atoms. The molecule has 2 unspecified atom stereocenters. The normalized spacial score (nSPS) is 15.4. The van der Waals surface area contributed by atoms with Crippen LogP contribution in [0.25, 0.3) is 0 Å². The van der Waals surface area contributed by atoms with Crippen molar-refractivity contribution < 1.29 is 24.2 Å². The lowest BCUT2D eigenvalue weighted by Gasteiger charge is -2.36. The van der Waals surface area contributed by atoms with Gasteiger partial charge in [-0.2, -0.15) is 0 Å². The van der Waals surface area contributed by atoms with Crippen LogP contribution in [-0.2, 0) is 20.7 Å². The van der Waals surface area contributed by atoms with Crippen molar-refractivity contribution in [2.75, 3.05) is 6.54 Å². The van der Waals surface area contributed by atoms with Gasteiger partial charge in [0.15, 0.2) is 0 Å². The van der Waals surface area contributed by atoms with Gasteiger partial charge in [-0.15, -0.1) is 0 Å². The van der Waals surface area contributed by atoms with Gasteiger partial charge in [-0.05, 0) is 75.8 Å². The summed E-state index contributed by atoms with van der Waals surface area (Å²) in [7, 11) is 0. The van der Waals surface area contributed by atoms with E-state index in [-0.39, 0.29) is 30.0 Å². The van der Waals surface area contributed by atoms with E-state index in [1.54, 1.807) is 49.9 Å². The van der Waals surface area contributed by atoms with Crippen molar-refractivity contribution in [3.05, 3.63) is 65.2 Å². The highest BCUT2D eigenvalue weighted by Crippen LogP contribution is 2.28. The van der Waals surface area contributed by atoms with Gasteiger partial charge in [0, 0.05) is 19.0 Å². The third-order valence-corrected chi connectivity index (χ3v) is 7.65. The molecular weight excluding hydrogens is 530 g/mol. The number of aromatic hydroxyl groups is 1. The lowest BCUT2D eigenvalue weighted by molar-refractivity contribution is -0.143. The predicted octanol–water partition coefficient (Wildman–Crippen LogP) is 6.35. The average molecular weight is 580 g/mol. The molecule has 3 rings (SSSR count). The van der Waals surface area contributed by atoms with Crippen LogP contribution >= 0.6 is 0 Å². The van der Waals surface area contributed by atoms with E-state index in [0.717, 1.165) is 61.6 Å². The maximum atomic E-state index is 14.6. The average Bonchev–Trinajstić information content (AvgIpc) is 2.93. The topological polar surface area (TPSA) is 108 Å². The Morgan fingerprint density at radius 2 is 1.67 bits per heavy atom. The highest BCUT2D eigenvalue weighted by Gasteiger charge is 2.37. The van der Waals surface area contributed by atoms with Crippen LogP contribution in [0.15, 0.2) is 48.5 Å². The molecule has 1 fully saturated rings. The molecular formula is C34H49N3O5. The molecule has 42 heavy (non-hydrogen) atoms. The molecule has 0 spiro atoms. The second kappa shape index (κ2) is 15.6. The Labute approximate surface area is 251 Å². The monoisotopic (exact) mass is 579 g/mol. The molecule has 230 valence electrons. The van der Waals surface area contributed by atoms with E-state index >= 15 is 0 Å². The van der Waals surface area contributed by atoms with E-state index < -0.39 is 23.8 Å². The number of phenolic OH excluding ortho intramolecular Hbond substituents is 1. The van der Waals surface area contributed by atoms with Gasteiger partial charge in [-0.3, -0.25) is 9.59 Å². The fourth-order valence-corrected chi connectivity index (χ4v) is 5.49. The summed E-state index contributed by atoms with van der Waals surface area (Å²) in [6.45, 7) is 9.72. The van der Waals surface area contributed by atoms with Gasteiger partial charge < -0.3 is 25.4 Å². The summed E-state index contributed by atoms with van der Waals surface area (Å²) >= 11 is 0. The number of unbranched alkanes of at least 4 members (excludes halogenated alkanes) is 2. The minimum Gasteiger partial charge on any atom is -0.508 e. The van der Waals surface area contributed by atoms with Crippen molar-refractivity contribution in [3.8, 4) is 5.75 Å². The molecule has 0 radical (unpaired) electrons. The van der Waals surface area contributed by atoms with Gasteiger partial charge in [0.1, 0.15) is 23.4 Å². The molecule has 1 saturated carbocycles. The summed E-state index contributed by atoms with van der Waals surface area (Å²) in [6.07, 6.45) is 7.24. The summed E-state index contributed by atoms with van der Waals surface area (Å²) in [4.78, 5) is 43.3. The van der Waals surface area contributed by atoms with Crippen LogP contribution in [0.2, 0.25) is 0 Å². The van der Waals surface area contributed by atoms with E-state index in [9.17, 15) is 19.5 Å². The number of rotatable bonds is 12. The lowest BCUT2D eigenvalue weighted by atomic mass is 9.93. The predicted molar refractivity (Wildman–Crippen MR) is 165 cm³/mol. The van der Waals surface area contributed by atoms with E-state index in [1.807, 2.05) is 31.2 Å². The number of hydrogen-bond donors (Lipinski definition) is 3. The molecule has 2 aromatic rings. The maximum absolute atomic E-state index is 14.6. The van der Waals surface area contributed by atoms with Crippen LogP contribution in [0.3, 0.4) is 0 Å². The molecule has 2 aromatic carbocycles. The first kappa shape index (κ1) is 33.0. The Balaban J connectivity index is 2.02. The van der Waals surface area contributed by atoms with E-state index in [1.165, 1.54) is 6.42 Å². The first-order valence-corrected chi connectivity index (χ1v) is 15.4. The standard InChI is InChI=1S/C34H49N3O5/c1-6-7-13-22-37(30(28-17-12-11-14-24(28)2)31(39)35-26-15-9-8-10-16-26)32(40)29(36-33(41)42-34(3,4)5)23-25-18-20-27(38)21-19-25/h11-12,14,17-21,26,29-30,38H,6-10,13,15-16,22-23H2,1-5H3,(H,35,39)(H,36,41). The lowest BCUT2D eigenvalue weighted by Crippen LogP contribution is -2.54. The number of carbonyl (C=O) groups excluding carboxylic acids is 3. The number of nitrogens with one attached hydrogen (secondary N) is 2. The summed E-state index contributed by atoms with van der Waals surface area (Å²) in [5.41, 5.74) is 1.71. The summed E-state index contributed by atoms with van der Waals surface area (Å²) in [6, 6.07) is 12.5. The van der Waals surface area contributed by atoms with Crippen molar-refractivity contribution in [1.82, 2.24) is 15.5 Å². The minimum absolute atomic E-state index is 0.0815. The zero-order valence-electron chi connectivity index (χ0n) is 25.9. The number of hydrogen-bond acceptors (Lipinski definition) is 5. The number of benzene rings is 2. The Morgan fingerprint density at radius 3 is 2.29 bits per heavy atom. The van der Waals surface area contributed by atoms with Crippen molar-refractivity contribution >= 4 is 17.9 Å². The smallest absolute Gasteiger partial charge is 0.408 e.